The Balaban J connectivity index is 1.64. The van der Waals surface area contributed by atoms with Crippen LogP contribution in [0.15, 0.2) is 29.6 Å². The standard InChI is InChI=1S/C17H17FN4O5S/c1-10-9-28-15(20-10)6-13(23)21-22-14(24)8-27-16(25)7-19-17(26)11-4-2-3-5-12(11)18/h2-5,9H,6-8H2,1H3,(H,19,26)(H,21,23)(H,22,24). The molecule has 1 heterocycles. The van der Waals surface area contributed by atoms with Crippen LogP contribution in [0.2, 0.25) is 0 Å². The van der Waals surface area contributed by atoms with E-state index in [9.17, 15) is 23.6 Å². The topological polar surface area (TPSA) is 126 Å². The van der Waals surface area contributed by atoms with Crippen LogP contribution in [0, 0.1) is 12.7 Å². The second-order valence-corrected chi connectivity index (χ2v) is 6.42. The third kappa shape index (κ3) is 6.76. The smallest absolute Gasteiger partial charge is 0.325 e. The Kier molecular flexibility index (Phi) is 7.57. The fraction of sp³-hybridized carbons (Fsp3) is 0.235. The first-order chi connectivity index (χ1) is 13.3. The van der Waals surface area contributed by atoms with Crippen molar-refractivity contribution in [1.82, 2.24) is 21.2 Å². The van der Waals surface area contributed by atoms with Crippen molar-refractivity contribution in [2.75, 3.05) is 13.2 Å². The summed E-state index contributed by atoms with van der Waals surface area (Å²) in [6.07, 6.45) is 0.000646. The zero-order chi connectivity index (χ0) is 20.5. The molecule has 1 aromatic heterocycles. The SMILES string of the molecule is Cc1csc(CC(=O)NNC(=O)COC(=O)CNC(=O)c2ccccc2F)n1. The van der Waals surface area contributed by atoms with Crippen molar-refractivity contribution in [3.63, 3.8) is 0 Å². The maximum atomic E-state index is 13.4. The number of amides is 3. The lowest BCUT2D eigenvalue weighted by molar-refractivity contribution is -0.148. The van der Waals surface area contributed by atoms with Gasteiger partial charge in [-0.15, -0.1) is 11.3 Å². The van der Waals surface area contributed by atoms with Crippen molar-refractivity contribution in [1.29, 1.82) is 0 Å². The van der Waals surface area contributed by atoms with Gasteiger partial charge in [0, 0.05) is 11.1 Å². The Bertz CT molecular complexity index is 886. The van der Waals surface area contributed by atoms with Gasteiger partial charge in [0.25, 0.3) is 11.8 Å². The molecule has 148 valence electrons. The van der Waals surface area contributed by atoms with E-state index >= 15 is 0 Å². The van der Waals surface area contributed by atoms with Crippen molar-refractivity contribution in [2.24, 2.45) is 0 Å². The number of thiazole rings is 1. The van der Waals surface area contributed by atoms with Gasteiger partial charge < -0.3 is 10.1 Å². The fourth-order valence-corrected chi connectivity index (χ4v) is 2.70. The molecule has 3 N–H and O–H groups in total. The summed E-state index contributed by atoms with van der Waals surface area (Å²) in [7, 11) is 0. The van der Waals surface area contributed by atoms with E-state index in [0.717, 1.165) is 11.8 Å². The van der Waals surface area contributed by atoms with Crippen LogP contribution in [-0.4, -0.2) is 41.8 Å². The molecule has 0 saturated carbocycles. The van der Waals surface area contributed by atoms with Gasteiger partial charge in [-0.1, -0.05) is 12.1 Å². The van der Waals surface area contributed by atoms with Crippen LogP contribution in [0.25, 0.3) is 0 Å². The Morgan fingerprint density at radius 2 is 1.86 bits per heavy atom. The lowest BCUT2D eigenvalue weighted by atomic mass is 10.2. The monoisotopic (exact) mass is 408 g/mol. The minimum absolute atomic E-state index is 0.000646. The summed E-state index contributed by atoms with van der Waals surface area (Å²) in [6.45, 7) is 0.591. The molecule has 11 heteroatoms. The Labute approximate surface area is 163 Å². The van der Waals surface area contributed by atoms with Gasteiger partial charge in [0.1, 0.15) is 17.4 Å². The molecule has 2 aromatic rings. The Morgan fingerprint density at radius 3 is 2.54 bits per heavy atom. The van der Waals surface area contributed by atoms with Gasteiger partial charge in [0.2, 0.25) is 5.91 Å². The molecule has 0 radical (unpaired) electrons. The number of carbonyl (C=O) groups is 4. The number of rotatable bonds is 7. The first-order valence-electron chi connectivity index (χ1n) is 8.02. The molecule has 2 rings (SSSR count). The predicted octanol–water partition coefficient (Wildman–Crippen LogP) is 0.254. The molecule has 0 aliphatic carbocycles. The van der Waals surface area contributed by atoms with Gasteiger partial charge in [-0.2, -0.15) is 0 Å². The molecule has 0 bridgehead atoms. The average Bonchev–Trinajstić information content (AvgIpc) is 3.07. The van der Waals surface area contributed by atoms with Crippen LogP contribution in [0.5, 0.6) is 0 Å². The van der Waals surface area contributed by atoms with Gasteiger partial charge >= 0.3 is 5.97 Å². The van der Waals surface area contributed by atoms with Crippen molar-refractivity contribution in [2.45, 2.75) is 13.3 Å². The third-order valence-electron chi connectivity index (χ3n) is 3.20. The summed E-state index contributed by atoms with van der Waals surface area (Å²) in [5, 5.41) is 4.58. The third-order valence-corrected chi connectivity index (χ3v) is 4.16. The molecule has 0 atom stereocenters. The first kappa shape index (κ1) is 21.0. The number of carbonyl (C=O) groups excluding carboxylic acids is 4. The molecule has 0 saturated heterocycles. The summed E-state index contributed by atoms with van der Waals surface area (Å²) in [6, 6.07) is 5.28. The number of aryl methyl sites for hydroxylation is 1. The fourth-order valence-electron chi connectivity index (χ4n) is 1.93. The minimum Gasteiger partial charge on any atom is -0.454 e. The highest BCUT2D eigenvalue weighted by Crippen LogP contribution is 2.08. The van der Waals surface area contributed by atoms with Gasteiger partial charge in [-0.3, -0.25) is 30.0 Å². The summed E-state index contributed by atoms with van der Waals surface area (Å²) >= 11 is 1.32. The predicted molar refractivity (Wildman–Crippen MR) is 96.5 cm³/mol. The van der Waals surface area contributed by atoms with Crippen molar-refractivity contribution in [3.05, 3.63) is 51.7 Å². The summed E-state index contributed by atoms with van der Waals surface area (Å²) in [5.41, 5.74) is 4.84. The van der Waals surface area contributed by atoms with Crippen molar-refractivity contribution >= 4 is 35.0 Å². The van der Waals surface area contributed by atoms with Crippen LogP contribution in [0.3, 0.4) is 0 Å². The number of esters is 1. The van der Waals surface area contributed by atoms with Crippen molar-refractivity contribution in [3.8, 4) is 0 Å². The molecule has 0 unspecified atom stereocenters. The lowest BCUT2D eigenvalue weighted by Crippen LogP contribution is -2.44. The highest BCUT2D eigenvalue weighted by Gasteiger charge is 2.14. The lowest BCUT2D eigenvalue weighted by Gasteiger charge is -2.08. The highest BCUT2D eigenvalue weighted by atomic mass is 32.1. The number of aromatic nitrogens is 1. The Hall–Kier alpha value is -3.34. The summed E-state index contributed by atoms with van der Waals surface area (Å²) < 4.78 is 18.1. The van der Waals surface area contributed by atoms with E-state index in [1.165, 1.54) is 29.5 Å². The highest BCUT2D eigenvalue weighted by molar-refractivity contribution is 7.09. The molecule has 0 fully saturated rings. The largest absolute Gasteiger partial charge is 0.454 e. The molecule has 3 amide bonds. The van der Waals surface area contributed by atoms with Gasteiger partial charge in [-0.25, -0.2) is 9.37 Å². The number of nitrogens with zero attached hydrogens (tertiary/aromatic N) is 1. The van der Waals surface area contributed by atoms with Crippen LogP contribution in [-0.2, 0) is 25.5 Å². The van der Waals surface area contributed by atoms with E-state index in [2.05, 4.69) is 25.9 Å². The number of ether oxygens (including phenoxy) is 1. The van der Waals surface area contributed by atoms with Crippen LogP contribution < -0.4 is 16.2 Å². The zero-order valence-electron chi connectivity index (χ0n) is 14.8. The molecular weight excluding hydrogens is 391 g/mol. The maximum Gasteiger partial charge on any atom is 0.325 e. The van der Waals surface area contributed by atoms with E-state index < -0.39 is 42.7 Å². The quantitative estimate of drug-likeness (QED) is 0.445. The minimum atomic E-state index is -0.899. The van der Waals surface area contributed by atoms with Gasteiger partial charge in [0.15, 0.2) is 6.61 Å². The molecule has 0 aliphatic heterocycles. The van der Waals surface area contributed by atoms with Crippen LogP contribution in [0.1, 0.15) is 21.1 Å². The van der Waals surface area contributed by atoms with E-state index in [0.29, 0.717) is 5.01 Å². The molecular formula is C17H17FN4O5S. The normalized spacial score (nSPS) is 10.1. The molecule has 0 aliphatic rings. The summed E-state index contributed by atoms with van der Waals surface area (Å²) in [5.74, 6) is -3.66. The number of nitrogens with one attached hydrogen (secondary N) is 3. The van der Waals surface area contributed by atoms with E-state index in [1.807, 2.05) is 0 Å². The maximum absolute atomic E-state index is 13.4. The Morgan fingerprint density at radius 1 is 1.14 bits per heavy atom. The van der Waals surface area contributed by atoms with Crippen LogP contribution >= 0.6 is 11.3 Å². The molecule has 0 spiro atoms. The van der Waals surface area contributed by atoms with E-state index in [1.54, 1.807) is 12.3 Å². The van der Waals surface area contributed by atoms with Crippen molar-refractivity contribution < 1.29 is 28.3 Å². The number of hydrogen-bond acceptors (Lipinski definition) is 7. The number of hydrogen-bond donors (Lipinski definition) is 3. The van der Waals surface area contributed by atoms with E-state index in [4.69, 9.17) is 0 Å². The number of benzene rings is 1. The molecule has 1 aromatic carbocycles. The molecule has 28 heavy (non-hydrogen) atoms. The second-order valence-electron chi connectivity index (χ2n) is 5.48. The van der Waals surface area contributed by atoms with Crippen LogP contribution in [0.4, 0.5) is 4.39 Å². The number of halogens is 1. The van der Waals surface area contributed by atoms with Gasteiger partial charge in [-0.05, 0) is 19.1 Å². The number of hydrazine groups is 1. The zero-order valence-corrected chi connectivity index (χ0v) is 15.6. The molecule has 9 nitrogen and oxygen atoms in total. The van der Waals surface area contributed by atoms with Gasteiger partial charge in [0.05, 0.1) is 12.0 Å². The summed E-state index contributed by atoms with van der Waals surface area (Å²) in [4.78, 5) is 50.6. The van der Waals surface area contributed by atoms with E-state index in [-0.39, 0.29) is 12.0 Å². The average molecular weight is 408 g/mol. The second kappa shape index (κ2) is 10.1. The first-order valence-corrected chi connectivity index (χ1v) is 8.90.